The number of thiazole rings is 1. The van der Waals surface area contributed by atoms with Crippen molar-refractivity contribution in [3.8, 4) is 0 Å². The minimum absolute atomic E-state index is 0. The van der Waals surface area contributed by atoms with Crippen LogP contribution in [-0.4, -0.2) is 10.9 Å². The van der Waals surface area contributed by atoms with Crippen molar-refractivity contribution in [1.29, 1.82) is 0 Å². The Balaban J connectivity index is 0.00000200. The molecule has 20 heavy (non-hydrogen) atoms. The van der Waals surface area contributed by atoms with Crippen molar-refractivity contribution in [3.05, 3.63) is 44.9 Å². The standard InChI is InChI=1S/C14H17N3OS.ClH/c1-8-4-9(2)13(10(3)5-8)17-14(18)11-7-19-12(6-15)16-11;/h4-5,7H,6,15H2,1-3H3,(H,17,18);1H. The number of hydrogen-bond acceptors (Lipinski definition) is 4. The molecule has 0 spiro atoms. The molecular formula is C14H18ClN3OS. The van der Waals surface area contributed by atoms with E-state index < -0.39 is 0 Å². The molecule has 3 N–H and O–H groups in total. The van der Waals surface area contributed by atoms with E-state index >= 15 is 0 Å². The van der Waals surface area contributed by atoms with Gasteiger partial charge in [0.15, 0.2) is 0 Å². The first-order chi connectivity index (χ1) is 9.01. The number of amides is 1. The molecule has 4 nitrogen and oxygen atoms in total. The predicted molar refractivity (Wildman–Crippen MR) is 85.9 cm³/mol. The zero-order valence-corrected chi connectivity index (χ0v) is 13.3. The van der Waals surface area contributed by atoms with Crippen LogP contribution in [-0.2, 0) is 6.54 Å². The van der Waals surface area contributed by atoms with E-state index in [2.05, 4.69) is 22.4 Å². The topological polar surface area (TPSA) is 68.0 Å². The van der Waals surface area contributed by atoms with Crippen LogP contribution in [0.1, 0.15) is 32.2 Å². The maximum atomic E-state index is 12.1. The lowest BCUT2D eigenvalue weighted by Gasteiger charge is -2.11. The molecule has 0 bridgehead atoms. The molecule has 0 unspecified atom stereocenters. The van der Waals surface area contributed by atoms with Crippen LogP contribution in [0.15, 0.2) is 17.5 Å². The van der Waals surface area contributed by atoms with Crippen molar-refractivity contribution in [1.82, 2.24) is 4.98 Å². The van der Waals surface area contributed by atoms with Gasteiger partial charge >= 0.3 is 0 Å². The van der Waals surface area contributed by atoms with Gasteiger partial charge in [-0.2, -0.15) is 0 Å². The van der Waals surface area contributed by atoms with Crippen LogP contribution in [0.3, 0.4) is 0 Å². The van der Waals surface area contributed by atoms with Gasteiger partial charge in [0.2, 0.25) is 0 Å². The summed E-state index contributed by atoms with van der Waals surface area (Å²) in [6.45, 7) is 6.38. The molecule has 1 aromatic heterocycles. The highest BCUT2D eigenvalue weighted by Crippen LogP contribution is 2.22. The first-order valence-corrected chi connectivity index (χ1v) is 6.93. The fourth-order valence-electron chi connectivity index (χ4n) is 2.06. The number of carbonyl (C=O) groups is 1. The van der Waals surface area contributed by atoms with Gasteiger partial charge in [-0.1, -0.05) is 17.7 Å². The summed E-state index contributed by atoms with van der Waals surface area (Å²) in [6.07, 6.45) is 0. The lowest BCUT2D eigenvalue weighted by atomic mass is 10.1. The molecular weight excluding hydrogens is 294 g/mol. The number of benzene rings is 1. The first kappa shape index (κ1) is 16.6. The third kappa shape index (κ3) is 3.56. The highest BCUT2D eigenvalue weighted by atomic mass is 35.5. The van der Waals surface area contributed by atoms with Gasteiger partial charge in [0.1, 0.15) is 10.7 Å². The molecule has 6 heteroatoms. The zero-order valence-electron chi connectivity index (χ0n) is 11.7. The average molecular weight is 312 g/mol. The molecule has 0 aliphatic heterocycles. The van der Waals surface area contributed by atoms with Crippen LogP contribution in [0.5, 0.6) is 0 Å². The third-order valence-corrected chi connectivity index (χ3v) is 3.75. The normalized spacial score (nSPS) is 10.0. The summed E-state index contributed by atoms with van der Waals surface area (Å²) in [5.74, 6) is -0.189. The number of carbonyl (C=O) groups excluding carboxylic acids is 1. The number of halogens is 1. The maximum absolute atomic E-state index is 12.1. The fourth-order valence-corrected chi connectivity index (χ4v) is 2.72. The molecule has 0 radical (unpaired) electrons. The number of rotatable bonds is 3. The van der Waals surface area contributed by atoms with E-state index in [9.17, 15) is 4.79 Å². The van der Waals surface area contributed by atoms with E-state index in [0.717, 1.165) is 21.8 Å². The average Bonchev–Trinajstić information content (AvgIpc) is 2.82. The van der Waals surface area contributed by atoms with Crippen molar-refractivity contribution >= 4 is 35.3 Å². The SMILES string of the molecule is Cc1cc(C)c(NC(=O)c2csc(CN)n2)c(C)c1.Cl. The smallest absolute Gasteiger partial charge is 0.275 e. The van der Waals surface area contributed by atoms with E-state index in [1.54, 1.807) is 5.38 Å². The summed E-state index contributed by atoms with van der Waals surface area (Å²) in [5.41, 5.74) is 10.1. The zero-order chi connectivity index (χ0) is 14.0. The Kier molecular flexibility index (Phi) is 5.68. The Morgan fingerprint density at radius 3 is 2.40 bits per heavy atom. The van der Waals surface area contributed by atoms with Crippen LogP contribution in [0.25, 0.3) is 0 Å². The number of aryl methyl sites for hydroxylation is 3. The first-order valence-electron chi connectivity index (χ1n) is 6.05. The Morgan fingerprint density at radius 1 is 1.30 bits per heavy atom. The Morgan fingerprint density at radius 2 is 1.90 bits per heavy atom. The summed E-state index contributed by atoms with van der Waals surface area (Å²) < 4.78 is 0. The summed E-state index contributed by atoms with van der Waals surface area (Å²) in [6, 6.07) is 4.10. The van der Waals surface area contributed by atoms with Gasteiger partial charge in [-0.05, 0) is 31.9 Å². The van der Waals surface area contributed by atoms with E-state index in [4.69, 9.17) is 5.73 Å². The molecule has 2 rings (SSSR count). The quantitative estimate of drug-likeness (QED) is 0.914. The van der Waals surface area contributed by atoms with Gasteiger partial charge in [-0.3, -0.25) is 4.79 Å². The van der Waals surface area contributed by atoms with Gasteiger partial charge in [0, 0.05) is 17.6 Å². The number of hydrogen-bond donors (Lipinski definition) is 2. The molecule has 0 saturated heterocycles. The fraction of sp³-hybridized carbons (Fsp3) is 0.286. The van der Waals surface area contributed by atoms with Crippen molar-refractivity contribution in [2.24, 2.45) is 5.73 Å². The largest absolute Gasteiger partial charge is 0.325 e. The van der Waals surface area contributed by atoms with Crippen LogP contribution >= 0.6 is 23.7 Å². The van der Waals surface area contributed by atoms with Crippen molar-refractivity contribution in [3.63, 3.8) is 0 Å². The molecule has 0 saturated carbocycles. The monoisotopic (exact) mass is 311 g/mol. The highest BCUT2D eigenvalue weighted by molar-refractivity contribution is 7.09. The molecule has 1 amide bonds. The van der Waals surface area contributed by atoms with E-state index in [1.807, 2.05) is 20.8 Å². The Labute approximate surface area is 128 Å². The number of nitrogens with zero attached hydrogens (tertiary/aromatic N) is 1. The van der Waals surface area contributed by atoms with Gasteiger partial charge < -0.3 is 11.1 Å². The predicted octanol–water partition coefficient (Wildman–Crippen LogP) is 3.20. The van der Waals surface area contributed by atoms with Crippen LogP contribution < -0.4 is 11.1 Å². The van der Waals surface area contributed by atoms with Gasteiger partial charge in [-0.15, -0.1) is 23.7 Å². The lowest BCUT2D eigenvalue weighted by Crippen LogP contribution is -2.14. The van der Waals surface area contributed by atoms with Gasteiger partial charge in [-0.25, -0.2) is 4.98 Å². The summed E-state index contributed by atoms with van der Waals surface area (Å²) in [5, 5.41) is 5.42. The molecule has 108 valence electrons. The number of nitrogens with two attached hydrogens (primary N) is 1. The minimum atomic E-state index is -0.189. The van der Waals surface area contributed by atoms with Crippen molar-refractivity contribution in [2.45, 2.75) is 27.3 Å². The van der Waals surface area contributed by atoms with Crippen LogP contribution in [0.4, 0.5) is 5.69 Å². The van der Waals surface area contributed by atoms with Crippen molar-refractivity contribution < 1.29 is 4.79 Å². The minimum Gasteiger partial charge on any atom is -0.325 e. The lowest BCUT2D eigenvalue weighted by molar-refractivity contribution is 0.102. The third-order valence-electron chi connectivity index (χ3n) is 2.87. The number of aromatic nitrogens is 1. The van der Waals surface area contributed by atoms with Crippen molar-refractivity contribution in [2.75, 3.05) is 5.32 Å². The van der Waals surface area contributed by atoms with Crippen LogP contribution in [0, 0.1) is 20.8 Å². The molecule has 0 aliphatic rings. The maximum Gasteiger partial charge on any atom is 0.275 e. The Bertz CT molecular complexity index is 602. The molecule has 0 atom stereocenters. The second-order valence-electron chi connectivity index (χ2n) is 4.56. The van der Waals surface area contributed by atoms with Gasteiger partial charge in [0.05, 0.1) is 0 Å². The summed E-state index contributed by atoms with van der Waals surface area (Å²) >= 11 is 1.40. The van der Waals surface area contributed by atoms with E-state index in [1.165, 1.54) is 16.9 Å². The second kappa shape index (κ2) is 6.83. The van der Waals surface area contributed by atoms with E-state index in [0.29, 0.717) is 12.2 Å². The highest BCUT2D eigenvalue weighted by Gasteiger charge is 2.13. The van der Waals surface area contributed by atoms with Gasteiger partial charge in [0.25, 0.3) is 5.91 Å². The van der Waals surface area contributed by atoms with Crippen LogP contribution in [0.2, 0.25) is 0 Å². The molecule has 1 heterocycles. The molecule has 0 fully saturated rings. The number of anilines is 1. The molecule has 0 aliphatic carbocycles. The molecule has 1 aromatic carbocycles. The Hall–Kier alpha value is -1.43. The van der Waals surface area contributed by atoms with E-state index in [-0.39, 0.29) is 18.3 Å². The molecule has 2 aromatic rings. The summed E-state index contributed by atoms with van der Waals surface area (Å²) in [4.78, 5) is 16.3. The number of nitrogens with one attached hydrogen (secondary N) is 1. The second-order valence-corrected chi connectivity index (χ2v) is 5.50. The summed E-state index contributed by atoms with van der Waals surface area (Å²) in [7, 11) is 0.